The summed E-state index contributed by atoms with van der Waals surface area (Å²) >= 11 is 6.88. The number of carbonyl (C=O) groups excluding carboxylic acids is 1. The molecule has 0 spiro atoms. The van der Waals surface area contributed by atoms with E-state index in [4.69, 9.17) is 12.2 Å². The van der Waals surface area contributed by atoms with Crippen molar-refractivity contribution in [3.05, 3.63) is 89.7 Å². The van der Waals surface area contributed by atoms with Crippen LogP contribution in [-0.4, -0.2) is 49.6 Å². The van der Waals surface area contributed by atoms with Crippen molar-refractivity contribution in [3.8, 4) is 22.8 Å². The monoisotopic (exact) mass is 652 g/mol. The number of aliphatic imine (C=N–C) groups is 1. The second-order valence-corrected chi connectivity index (χ2v) is 11.7. The SMILES string of the molecule is CCc1ccc(C)cc1N1C(=O)CS/C1=N\C(=S)NCCCCc1cccc(-c2ncn(-c3ccc(OC(F)(F)F)cc3)n2)c1. The predicted molar refractivity (Wildman–Crippen MR) is 175 cm³/mol. The first-order valence-corrected chi connectivity index (χ1v) is 15.8. The van der Waals surface area contributed by atoms with Crippen molar-refractivity contribution in [1.29, 1.82) is 0 Å². The highest BCUT2D eigenvalue weighted by molar-refractivity contribution is 8.15. The summed E-state index contributed by atoms with van der Waals surface area (Å²) in [5.41, 5.74) is 5.56. The number of aryl methyl sites for hydroxylation is 3. The average Bonchev–Trinajstić information content (AvgIpc) is 3.64. The summed E-state index contributed by atoms with van der Waals surface area (Å²) in [5.74, 6) is 0.540. The molecule has 1 saturated heterocycles. The van der Waals surface area contributed by atoms with E-state index < -0.39 is 6.36 Å². The number of nitrogens with one attached hydrogen (secondary N) is 1. The minimum atomic E-state index is -4.74. The average molecular weight is 653 g/mol. The second kappa shape index (κ2) is 14.2. The van der Waals surface area contributed by atoms with Crippen LogP contribution < -0.4 is 15.0 Å². The van der Waals surface area contributed by atoms with Crippen LogP contribution in [0.25, 0.3) is 17.1 Å². The summed E-state index contributed by atoms with van der Waals surface area (Å²) in [4.78, 5) is 23.4. The molecule has 1 N–H and O–H groups in total. The number of amides is 1. The highest BCUT2D eigenvalue weighted by Gasteiger charge is 2.32. The fraction of sp³-hybridized carbons (Fsp3) is 0.281. The van der Waals surface area contributed by atoms with Crippen molar-refractivity contribution in [2.24, 2.45) is 4.99 Å². The number of benzene rings is 3. The number of anilines is 1. The largest absolute Gasteiger partial charge is 0.573 e. The number of aromatic nitrogens is 3. The molecule has 45 heavy (non-hydrogen) atoms. The smallest absolute Gasteiger partial charge is 0.406 e. The molecule has 4 aromatic rings. The molecule has 0 radical (unpaired) electrons. The third-order valence-corrected chi connectivity index (χ3v) is 8.16. The number of hydrogen-bond acceptors (Lipinski definition) is 6. The van der Waals surface area contributed by atoms with Gasteiger partial charge in [-0.1, -0.05) is 49.0 Å². The number of thioether (sulfide) groups is 1. The Morgan fingerprint density at radius 2 is 1.91 bits per heavy atom. The Morgan fingerprint density at radius 3 is 2.67 bits per heavy atom. The first kappa shape index (κ1) is 32.2. The van der Waals surface area contributed by atoms with Gasteiger partial charge in [-0.3, -0.25) is 9.69 Å². The second-order valence-electron chi connectivity index (χ2n) is 10.3. The van der Waals surface area contributed by atoms with E-state index in [2.05, 4.69) is 38.1 Å². The Labute approximate surface area is 268 Å². The standard InChI is InChI=1S/C32H31F3N6O2S2/c1-3-23-11-10-21(2)17-27(23)41-28(42)19-45-31(41)38-30(44)36-16-5-4-7-22-8-6-9-24(18-22)29-37-20-40(39-29)25-12-14-26(15-13-25)43-32(33,34)35/h6,8-15,17-18,20H,3-5,7,16,19H2,1-2H3,(H,36,44)/b38-31-. The van der Waals surface area contributed by atoms with Crippen molar-refractivity contribution in [1.82, 2.24) is 20.1 Å². The van der Waals surface area contributed by atoms with Crippen molar-refractivity contribution in [3.63, 3.8) is 0 Å². The van der Waals surface area contributed by atoms with Gasteiger partial charge in [0, 0.05) is 12.1 Å². The van der Waals surface area contributed by atoms with Gasteiger partial charge in [0.25, 0.3) is 0 Å². The Morgan fingerprint density at radius 1 is 1.11 bits per heavy atom. The van der Waals surface area contributed by atoms with E-state index in [1.165, 1.54) is 47.0 Å². The van der Waals surface area contributed by atoms with Gasteiger partial charge in [-0.2, -0.15) is 4.99 Å². The number of carbonyl (C=O) groups is 1. The fourth-order valence-electron chi connectivity index (χ4n) is 4.82. The maximum absolute atomic E-state index is 12.7. The van der Waals surface area contributed by atoms with Crippen molar-refractivity contribution >= 4 is 45.9 Å². The van der Waals surface area contributed by atoms with Crippen LogP contribution in [0.4, 0.5) is 18.9 Å². The molecule has 3 aromatic carbocycles. The molecule has 0 atom stereocenters. The van der Waals surface area contributed by atoms with Gasteiger partial charge >= 0.3 is 6.36 Å². The van der Waals surface area contributed by atoms with E-state index in [9.17, 15) is 18.0 Å². The molecule has 0 aliphatic carbocycles. The zero-order chi connectivity index (χ0) is 32.0. The number of alkyl halides is 3. The van der Waals surface area contributed by atoms with Crippen LogP contribution in [0.15, 0.2) is 78.0 Å². The Hall–Kier alpha value is -4.23. The normalized spacial score (nSPS) is 14.3. The predicted octanol–water partition coefficient (Wildman–Crippen LogP) is 7.04. The lowest BCUT2D eigenvalue weighted by molar-refractivity contribution is -0.274. The molecule has 13 heteroatoms. The van der Waals surface area contributed by atoms with Gasteiger partial charge in [-0.05, 0) is 97.9 Å². The maximum Gasteiger partial charge on any atom is 0.573 e. The van der Waals surface area contributed by atoms with Gasteiger partial charge in [0.2, 0.25) is 5.91 Å². The molecule has 1 fully saturated rings. The van der Waals surface area contributed by atoms with E-state index >= 15 is 0 Å². The van der Waals surface area contributed by atoms with Gasteiger partial charge in [-0.25, -0.2) is 9.67 Å². The van der Waals surface area contributed by atoms with Crippen LogP contribution in [0.3, 0.4) is 0 Å². The van der Waals surface area contributed by atoms with Crippen LogP contribution in [0.1, 0.15) is 36.5 Å². The first-order valence-electron chi connectivity index (χ1n) is 14.4. The zero-order valence-electron chi connectivity index (χ0n) is 24.7. The van der Waals surface area contributed by atoms with E-state index in [0.717, 1.165) is 53.6 Å². The van der Waals surface area contributed by atoms with Crippen molar-refractivity contribution in [2.75, 3.05) is 17.2 Å². The number of halogens is 3. The van der Waals surface area contributed by atoms with Crippen LogP contribution in [0.2, 0.25) is 0 Å². The molecule has 2 heterocycles. The van der Waals surface area contributed by atoms with E-state index in [0.29, 0.717) is 34.1 Å². The highest BCUT2D eigenvalue weighted by atomic mass is 32.2. The summed E-state index contributed by atoms with van der Waals surface area (Å²) < 4.78 is 42.7. The molecule has 5 rings (SSSR count). The summed E-state index contributed by atoms with van der Waals surface area (Å²) in [6.45, 7) is 4.72. The van der Waals surface area contributed by atoms with Crippen LogP contribution in [0.5, 0.6) is 5.75 Å². The van der Waals surface area contributed by atoms with Gasteiger partial charge in [0.05, 0.1) is 17.1 Å². The Kier molecular flexibility index (Phi) is 10.2. The van der Waals surface area contributed by atoms with E-state index in [1.54, 1.807) is 4.90 Å². The zero-order valence-corrected chi connectivity index (χ0v) is 26.3. The Bertz CT molecular complexity index is 1710. The molecule has 0 unspecified atom stereocenters. The molecule has 1 aromatic heterocycles. The highest BCUT2D eigenvalue weighted by Crippen LogP contribution is 2.31. The van der Waals surface area contributed by atoms with E-state index in [-0.39, 0.29) is 11.7 Å². The third kappa shape index (κ3) is 8.49. The van der Waals surface area contributed by atoms with Gasteiger partial charge in [-0.15, -0.1) is 18.3 Å². The molecule has 234 valence electrons. The quantitative estimate of drug-likeness (QED) is 0.145. The third-order valence-electron chi connectivity index (χ3n) is 7.01. The summed E-state index contributed by atoms with van der Waals surface area (Å²) in [6, 6.07) is 19.5. The number of ether oxygens (including phenoxy) is 1. The number of rotatable bonds is 10. The summed E-state index contributed by atoms with van der Waals surface area (Å²) in [7, 11) is 0. The van der Waals surface area contributed by atoms with Crippen LogP contribution in [-0.2, 0) is 17.6 Å². The van der Waals surface area contributed by atoms with Crippen LogP contribution >= 0.6 is 24.0 Å². The summed E-state index contributed by atoms with van der Waals surface area (Å²) in [5, 5.41) is 8.64. The number of hydrogen-bond donors (Lipinski definition) is 1. The number of amidine groups is 1. The fourth-order valence-corrected chi connectivity index (χ4v) is 5.94. The molecule has 1 amide bonds. The summed E-state index contributed by atoms with van der Waals surface area (Å²) in [6.07, 6.45) is 0.192. The molecule has 1 aliphatic heterocycles. The number of thiocarbonyl (C=S) groups is 1. The number of unbranched alkanes of at least 4 members (excludes halogenated alkanes) is 1. The lowest BCUT2D eigenvalue weighted by atomic mass is 10.0. The van der Waals surface area contributed by atoms with Gasteiger partial charge < -0.3 is 10.1 Å². The topological polar surface area (TPSA) is 84.6 Å². The first-order chi connectivity index (χ1) is 21.6. The lowest BCUT2D eigenvalue weighted by Gasteiger charge is -2.20. The van der Waals surface area contributed by atoms with Gasteiger partial charge in [0.1, 0.15) is 12.1 Å². The minimum absolute atomic E-state index is 0.000313. The van der Waals surface area contributed by atoms with Crippen molar-refractivity contribution in [2.45, 2.75) is 45.9 Å². The Balaban J connectivity index is 1.12. The lowest BCUT2D eigenvalue weighted by Crippen LogP contribution is -2.32. The molecule has 8 nitrogen and oxygen atoms in total. The molecular weight excluding hydrogens is 622 g/mol. The van der Waals surface area contributed by atoms with Crippen molar-refractivity contribution < 1.29 is 22.7 Å². The number of nitrogens with zero attached hydrogens (tertiary/aromatic N) is 5. The van der Waals surface area contributed by atoms with Crippen LogP contribution in [0, 0.1) is 6.92 Å². The minimum Gasteiger partial charge on any atom is -0.406 e. The molecule has 1 aliphatic rings. The van der Waals surface area contributed by atoms with Gasteiger partial charge in [0.15, 0.2) is 16.1 Å². The maximum atomic E-state index is 12.7. The molecular formula is C32H31F3N6O2S2. The molecule has 0 saturated carbocycles. The van der Waals surface area contributed by atoms with E-state index in [1.807, 2.05) is 43.3 Å². The molecule has 0 bridgehead atoms.